The molecule has 0 aromatic carbocycles. The second kappa shape index (κ2) is 5.84. The van der Waals surface area contributed by atoms with E-state index in [0.29, 0.717) is 4.88 Å². The van der Waals surface area contributed by atoms with Crippen LogP contribution in [-0.2, 0) is 15.2 Å². The van der Waals surface area contributed by atoms with Crippen LogP contribution in [-0.4, -0.2) is 40.3 Å². The van der Waals surface area contributed by atoms with E-state index >= 15 is 0 Å². The predicted octanol–water partition coefficient (Wildman–Crippen LogP) is 1.79. The number of carboxylic acids is 1. The van der Waals surface area contributed by atoms with Crippen molar-refractivity contribution in [3.8, 4) is 0 Å². The molecule has 2 unspecified atom stereocenters. The molecular formula is C13H16N2O5S. The molecule has 2 atom stereocenters. The van der Waals surface area contributed by atoms with Gasteiger partial charge in [0.2, 0.25) is 0 Å². The largest absolute Gasteiger partial charge is 0.479 e. The number of nitrogens with one attached hydrogen (secondary N) is 1. The van der Waals surface area contributed by atoms with Crippen molar-refractivity contribution in [3.05, 3.63) is 34.5 Å². The van der Waals surface area contributed by atoms with Crippen molar-refractivity contribution in [1.82, 2.24) is 10.4 Å². The monoisotopic (exact) mass is 312 g/mol. The first-order valence-electron chi connectivity index (χ1n) is 6.23. The van der Waals surface area contributed by atoms with Gasteiger partial charge < -0.3 is 10.2 Å². The lowest BCUT2D eigenvalue weighted by atomic mass is 9.87. The van der Waals surface area contributed by atoms with Gasteiger partial charge in [-0.25, -0.2) is 9.59 Å². The van der Waals surface area contributed by atoms with E-state index in [0.717, 1.165) is 10.5 Å². The average Bonchev–Trinajstić information content (AvgIpc) is 2.91. The zero-order valence-corrected chi connectivity index (χ0v) is 12.2. The minimum atomic E-state index is -1.59. The Morgan fingerprint density at radius 3 is 2.95 bits per heavy atom. The van der Waals surface area contributed by atoms with Crippen LogP contribution in [0.15, 0.2) is 24.1 Å². The Morgan fingerprint density at radius 2 is 2.38 bits per heavy atom. The zero-order chi connectivity index (χ0) is 15.6. The van der Waals surface area contributed by atoms with Gasteiger partial charge in [0.05, 0.1) is 12.6 Å². The Kier molecular flexibility index (Phi) is 4.31. The molecule has 21 heavy (non-hydrogen) atoms. The maximum absolute atomic E-state index is 11.7. The van der Waals surface area contributed by atoms with Crippen molar-refractivity contribution in [2.45, 2.75) is 18.5 Å². The molecule has 1 aromatic rings. The fraction of sp³-hybridized carbons (Fsp3) is 0.385. The van der Waals surface area contributed by atoms with Gasteiger partial charge >= 0.3 is 12.1 Å². The minimum Gasteiger partial charge on any atom is -0.479 e. The summed E-state index contributed by atoms with van der Waals surface area (Å²) >= 11 is 1.22. The van der Waals surface area contributed by atoms with E-state index in [1.54, 1.807) is 17.5 Å². The van der Waals surface area contributed by atoms with Crippen LogP contribution in [0.1, 0.15) is 23.4 Å². The Hall–Kier alpha value is -1.90. The van der Waals surface area contributed by atoms with Crippen LogP contribution in [0.5, 0.6) is 0 Å². The van der Waals surface area contributed by atoms with Crippen molar-refractivity contribution in [1.29, 1.82) is 0 Å². The Morgan fingerprint density at radius 1 is 1.67 bits per heavy atom. The first-order valence-corrected chi connectivity index (χ1v) is 7.11. The number of aliphatic carboxylic acids is 1. The van der Waals surface area contributed by atoms with Gasteiger partial charge in [-0.1, -0.05) is 6.08 Å². The molecule has 8 heteroatoms. The molecule has 0 aliphatic carbocycles. The molecular weight excluding hydrogens is 296 g/mol. The molecule has 1 amide bonds. The van der Waals surface area contributed by atoms with Crippen LogP contribution >= 0.6 is 11.3 Å². The first-order chi connectivity index (χ1) is 9.92. The lowest BCUT2D eigenvalue weighted by molar-refractivity contribution is -0.151. The number of nitrogens with zero attached hydrogens (tertiary/aromatic N) is 1. The SMILES string of the molecule is C=CCONC1CN(C(=O)O)C(C)(C(=O)O)c2sccc21. The summed E-state index contributed by atoms with van der Waals surface area (Å²) in [7, 11) is 0. The molecule has 0 saturated heterocycles. The second-order valence-electron chi connectivity index (χ2n) is 4.75. The molecule has 0 fully saturated rings. The fourth-order valence-electron chi connectivity index (χ4n) is 2.37. The van der Waals surface area contributed by atoms with Crippen molar-refractivity contribution < 1.29 is 24.6 Å². The van der Waals surface area contributed by atoms with E-state index in [1.807, 2.05) is 0 Å². The lowest BCUT2D eigenvalue weighted by Gasteiger charge is -2.42. The Balaban J connectivity index is 2.41. The van der Waals surface area contributed by atoms with Gasteiger partial charge in [0, 0.05) is 11.4 Å². The van der Waals surface area contributed by atoms with Gasteiger partial charge in [-0.05, 0) is 23.9 Å². The van der Waals surface area contributed by atoms with Crippen LogP contribution in [0.25, 0.3) is 0 Å². The molecule has 2 heterocycles. The molecule has 2 rings (SSSR count). The molecule has 3 N–H and O–H groups in total. The Bertz CT molecular complexity index is 573. The first kappa shape index (κ1) is 15.5. The third-order valence-electron chi connectivity index (χ3n) is 3.49. The van der Waals surface area contributed by atoms with E-state index in [9.17, 15) is 19.8 Å². The average molecular weight is 312 g/mol. The quantitative estimate of drug-likeness (QED) is 0.435. The molecule has 114 valence electrons. The van der Waals surface area contributed by atoms with Crippen LogP contribution in [0, 0.1) is 0 Å². The van der Waals surface area contributed by atoms with Gasteiger partial charge in [0.1, 0.15) is 0 Å². The minimum absolute atomic E-state index is 0.0149. The molecule has 0 bridgehead atoms. The van der Waals surface area contributed by atoms with E-state index in [4.69, 9.17) is 4.84 Å². The summed E-state index contributed by atoms with van der Waals surface area (Å²) in [6.45, 7) is 5.17. The number of carboxylic acid groups (broad SMARTS) is 2. The number of amides is 1. The van der Waals surface area contributed by atoms with Crippen molar-refractivity contribution in [3.63, 3.8) is 0 Å². The summed E-state index contributed by atoms with van der Waals surface area (Å²) in [6, 6.07) is 1.37. The zero-order valence-electron chi connectivity index (χ0n) is 11.4. The van der Waals surface area contributed by atoms with Crippen molar-refractivity contribution in [2.75, 3.05) is 13.2 Å². The standard InChI is InChI=1S/C13H16N2O5S/c1-3-5-20-14-9-7-15(12(18)19)13(2,11(16)17)10-8(9)4-6-21-10/h3-4,6,9,14H,1,5,7H2,2H3,(H,16,17)(H,18,19). The highest BCUT2D eigenvalue weighted by Gasteiger charge is 2.51. The number of rotatable bonds is 5. The van der Waals surface area contributed by atoms with Gasteiger partial charge in [-0.3, -0.25) is 9.74 Å². The molecule has 0 radical (unpaired) electrons. The van der Waals surface area contributed by atoms with Gasteiger partial charge in [-0.2, -0.15) is 5.48 Å². The van der Waals surface area contributed by atoms with E-state index in [1.165, 1.54) is 18.3 Å². The lowest BCUT2D eigenvalue weighted by Crippen LogP contribution is -2.57. The van der Waals surface area contributed by atoms with Gasteiger partial charge in [0.25, 0.3) is 0 Å². The second-order valence-corrected chi connectivity index (χ2v) is 5.66. The van der Waals surface area contributed by atoms with Crippen LogP contribution in [0.3, 0.4) is 0 Å². The predicted molar refractivity (Wildman–Crippen MR) is 76.1 cm³/mol. The Labute approximate surface area is 125 Å². The number of thiophene rings is 1. The van der Waals surface area contributed by atoms with Crippen LogP contribution < -0.4 is 5.48 Å². The van der Waals surface area contributed by atoms with Crippen LogP contribution in [0.2, 0.25) is 0 Å². The number of hydroxylamine groups is 1. The molecule has 1 aliphatic rings. The van der Waals surface area contributed by atoms with E-state index in [2.05, 4.69) is 12.1 Å². The molecule has 0 saturated carbocycles. The number of hydrogen-bond acceptors (Lipinski definition) is 5. The summed E-state index contributed by atoms with van der Waals surface area (Å²) in [5.41, 5.74) is 1.91. The third-order valence-corrected chi connectivity index (χ3v) is 4.63. The molecule has 0 spiro atoms. The van der Waals surface area contributed by atoms with Crippen molar-refractivity contribution in [2.24, 2.45) is 0 Å². The normalized spacial score (nSPS) is 24.4. The smallest absolute Gasteiger partial charge is 0.408 e. The van der Waals surface area contributed by atoms with Gasteiger partial charge in [0.15, 0.2) is 5.54 Å². The maximum Gasteiger partial charge on any atom is 0.408 e. The highest BCUT2D eigenvalue weighted by Crippen LogP contribution is 2.42. The highest BCUT2D eigenvalue weighted by molar-refractivity contribution is 7.10. The van der Waals surface area contributed by atoms with Crippen LogP contribution in [0.4, 0.5) is 4.79 Å². The summed E-state index contributed by atoms with van der Waals surface area (Å²) in [5.74, 6) is -1.20. The molecule has 1 aliphatic heterocycles. The maximum atomic E-state index is 11.7. The van der Waals surface area contributed by atoms with Gasteiger partial charge in [-0.15, -0.1) is 17.9 Å². The molecule has 7 nitrogen and oxygen atoms in total. The third kappa shape index (κ3) is 2.53. The number of hydrogen-bond donors (Lipinski definition) is 3. The summed E-state index contributed by atoms with van der Waals surface area (Å²) in [5, 5.41) is 20.6. The number of fused-ring (bicyclic) bond motifs is 1. The van der Waals surface area contributed by atoms with E-state index < -0.39 is 23.6 Å². The highest BCUT2D eigenvalue weighted by atomic mass is 32.1. The summed E-state index contributed by atoms with van der Waals surface area (Å²) < 4.78 is 0. The van der Waals surface area contributed by atoms with Crippen molar-refractivity contribution >= 4 is 23.4 Å². The summed E-state index contributed by atoms with van der Waals surface area (Å²) in [4.78, 5) is 29.7. The fourth-order valence-corrected chi connectivity index (χ4v) is 3.49. The number of carbonyl (C=O) groups is 2. The van der Waals surface area contributed by atoms with E-state index in [-0.39, 0.29) is 13.2 Å². The topological polar surface area (TPSA) is 99.1 Å². The summed E-state index contributed by atoms with van der Waals surface area (Å²) in [6.07, 6.45) is 0.273. The molecule has 1 aromatic heterocycles.